The van der Waals surface area contributed by atoms with Crippen molar-refractivity contribution in [1.29, 1.82) is 0 Å². The molecule has 1 aliphatic rings. The van der Waals surface area contributed by atoms with Gasteiger partial charge in [-0.3, -0.25) is 9.78 Å². The van der Waals surface area contributed by atoms with Crippen LogP contribution in [0.1, 0.15) is 30.7 Å². The van der Waals surface area contributed by atoms with E-state index in [9.17, 15) is 14.4 Å². The normalized spacial score (nSPS) is 16.1. The smallest absolute Gasteiger partial charge is 0.338 e. The average molecular weight is 411 g/mol. The molecule has 2 amide bonds. The molecule has 0 aliphatic carbocycles. The van der Waals surface area contributed by atoms with Crippen LogP contribution in [0.3, 0.4) is 0 Å². The van der Waals surface area contributed by atoms with Gasteiger partial charge in [0.05, 0.1) is 35.9 Å². The van der Waals surface area contributed by atoms with Crippen molar-refractivity contribution in [2.75, 3.05) is 13.2 Å². The average Bonchev–Trinajstić information content (AvgIpc) is 2.69. The first-order chi connectivity index (χ1) is 14.3. The minimum absolute atomic E-state index is 0.0409. The fourth-order valence-corrected chi connectivity index (χ4v) is 3.57. The van der Waals surface area contributed by atoms with Crippen LogP contribution in [0.15, 0.2) is 35.5 Å². The lowest BCUT2D eigenvalue weighted by atomic mass is 9.99. The van der Waals surface area contributed by atoms with Crippen LogP contribution in [0, 0.1) is 13.8 Å². The number of carbonyl (C=O) groups excluding carboxylic acids is 3. The lowest BCUT2D eigenvalue weighted by Crippen LogP contribution is -2.50. The van der Waals surface area contributed by atoms with Gasteiger partial charge in [0.2, 0.25) is 0 Å². The van der Waals surface area contributed by atoms with Gasteiger partial charge in [0.15, 0.2) is 0 Å². The van der Waals surface area contributed by atoms with Gasteiger partial charge < -0.3 is 20.1 Å². The number of para-hydroxylation sites is 1. The fraction of sp³-hybridized carbons (Fsp3) is 0.364. The predicted octanol–water partition coefficient (Wildman–Crippen LogP) is 2.46. The Morgan fingerprint density at radius 2 is 1.90 bits per heavy atom. The molecule has 8 nitrogen and oxygen atoms in total. The molecule has 0 radical (unpaired) electrons. The Morgan fingerprint density at radius 3 is 2.63 bits per heavy atom. The maximum absolute atomic E-state index is 12.5. The van der Waals surface area contributed by atoms with Crippen LogP contribution in [0.2, 0.25) is 0 Å². The van der Waals surface area contributed by atoms with Gasteiger partial charge in [-0.1, -0.05) is 18.2 Å². The van der Waals surface area contributed by atoms with E-state index in [1.54, 1.807) is 13.8 Å². The molecule has 0 spiro atoms. The molecule has 1 atom stereocenters. The summed E-state index contributed by atoms with van der Waals surface area (Å²) in [5.74, 6) is -1.04. The summed E-state index contributed by atoms with van der Waals surface area (Å²) >= 11 is 0. The summed E-state index contributed by atoms with van der Waals surface area (Å²) in [7, 11) is 0. The molecule has 30 heavy (non-hydrogen) atoms. The van der Waals surface area contributed by atoms with Crippen LogP contribution in [-0.4, -0.2) is 42.2 Å². The third-order valence-electron chi connectivity index (χ3n) is 5.05. The first kappa shape index (κ1) is 21.3. The third kappa shape index (κ3) is 4.42. The number of aromatic nitrogens is 1. The van der Waals surface area contributed by atoms with E-state index in [1.807, 2.05) is 38.1 Å². The summed E-state index contributed by atoms with van der Waals surface area (Å²) in [6.45, 7) is 7.14. The van der Waals surface area contributed by atoms with E-state index in [0.717, 1.165) is 27.7 Å². The molecule has 0 bridgehead atoms. The molecule has 2 heterocycles. The third-order valence-corrected chi connectivity index (χ3v) is 5.05. The molecule has 158 valence electrons. The van der Waals surface area contributed by atoms with Crippen molar-refractivity contribution in [2.45, 2.75) is 40.2 Å². The maximum Gasteiger partial charge on any atom is 0.338 e. The number of aryl methyl sites for hydroxylation is 2. The Bertz CT molecular complexity index is 1040. The zero-order valence-corrected chi connectivity index (χ0v) is 17.5. The number of pyridine rings is 1. The topological polar surface area (TPSA) is 107 Å². The zero-order chi connectivity index (χ0) is 21.8. The number of nitrogens with zero attached hydrogens (tertiary/aromatic N) is 1. The monoisotopic (exact) mass is 411 g/mol. The molecular formula is C22H25N3O5. The summed E-state index contributed by atoms with van der Waals surface area (Å²) in [4.78, 5) is 41.2. The molecule has 0 unspecified atom stereocenters. The van der Waals surface area contributed by atoms with Gasteiger partial charge in [0.25, 0.3) is 0 Å². The Morgan fingerprint density at radius 1 is 1.17 bits per heavy atom. The van der Waals surface area contributed by atoms with Crippen LogP contribution in [0.4, 0.5) is 4.79 Å². The number of hydrogen-bond acceptors (Lipinski definition) is 6. The summed E-state index contributed by atoms with van der Waals surface area (Å²) in [6, 6.07) is 6.73. The van der Waals surface area contributed by atoms with E-state index >= 15 is 0 Å². The number of fused-ring (bicyclic) bond motifs is 1. The highest BCUT2D eigenvalue weighted by molar-refractivity contribution is 5.94. The van der Waals surface area contributed by atoms with Crippen molar-refractivity contribution >= 4 is 28.9 Å². The van der Waals surface area contributed by atoms with Gasteiger partial charge in [0, 0.05) is 11.1 Å². The molecule has 2 aromatic rings. The van der Waals surface area contributed by atoms with Crippen LogP contribution in [0.25, 0.3) is 10.9 Å². The highest BCUT2D eigenvalue weighted by atomic mass is 16.5. The van der Waals surface area contributed by atoms with Crippen molar-refractivity contribution in [1.82, 2.24) is 15.6 Å². The Labute approximate surface area is 174 Å². The molecule has 0 saturated heterocycles. The number of rotatable bonds is 6. The fourth-order valence-electron chi connectivity index (χ4n) is 3.57. The van der Waals surface area contributed by atoms with Crippen molar-refractivity contribution in [3.8, 4) is 0 Å². The van der Waals surface area contributed by atoms with Gasteiger partial charge in [-0.25, -0.2) is 9.59 Å². The van der Waals surface area contributed by atoms with Gasteiger partial charge in [-0.2, -0.15) is 0 Å². The summed E-state index contributed by atoms with van der Waals surface area (Å²) in [6.07, 6.45) is 0.0409. The highest BCUT2D eigenvalue weighted by Crippen LogP contribution is 2.23. The van der Waals surface area contributed by atoms with Crippen molar-refractivity contribution in [3.05, 3.63) is 52.4 Å². The van der Waals surface area contributed by atoms with Gasteiger partial charge in [-0.05, 0) is 44.9 Å². The van der Waals surface area contributed by atoms with Crippen molar-refractivity contribution in [2.24, 2.45) is 0 Å². The van der Waals surface area contributed by atoms with Crippen LogP contribution >= 0.6 is 0 Å². The number of amides is 2. The van der Waals surface area contributed by atoms with E-state index in [0.29, 0.717) is 0 Å². The van der Waals surface area contributed by atoms with Gasteiger partial charge in [0.1, 0.15) is 6.61 Å². The number of nitrogens with one attached hydrogen (secondary N) is 2. The quantitative estimate of drug-likeness (QED) is 0.707. The summed E-state index contributed by atoms with van der Waals surface area (Å²) in [5.41, 5.74) is 3.89. The number of esters is 2. The molecule has 1 aliphatic heterocycles. The Kier molecular flexibility index (Phi) is 6.34. The SMILES string of the molecule is CCOC(=O)C1=C(COC(=O)Cc2c(C)nc3ccccc3c2C)NC(=O)N[C@H]1C. The number of ether oxygens (including phenoxy) is 2. The van der Waals surface area contributed by atoms with Gasteiger partial charge >= 0.3 is 18.0 Å². The van der Waals surface area contributed by atoms with Crippen LogP contribution < -0.4 is 10.6 Å². The number of carbonyl (C=O) groups is 3. The first-order valence-corrected chi connectivity index (χ1v) is 9.80. The number of urea groups is 1. The number of benzene rings is 1. The molecule has 1 aromatic carbocycles. The van der Waals surface area contributed by atoms with E-state index < -0.39 is 24.0 Å². The van der Waals surface area contributed by atoms with Gasteiger partial charge in [-0.15, -0.1) is 0 Å². The second-order valence-corrected chi connectivity index (χ2v) is 7.09. The lowest BCUT2D eigenvalue weighted by Gasteiger charge is -2.26. The van der Waals surface area contributed by atoms with Crippen molar-refractivity contribution in [3.63, 3.8) is 0 Å². The molecule has 1 aromatic heterocycles. The van der Waals surface area contributed by atoms with Crippen molar-refractivity contribution < 1.29 is 23.9 Å². The lowest BCUT2D eigenvalue weighted by molar-refractivity contribution is -0.143. The highest BCUT2D eigenvalue weighted by Gasteiger charge is 2.30. The largest absolute Gasteiger partial charge is 0.463 e. The summed E-state index contributed by atoms with van der Waals surface area (Å²) in [5, 5.41) is 6.13. The second kappa shape index (κ2) is 8.94. The molecule has 2 N–H and O–H groups in total. The molecule has 0 saturated carbocycles. The van der Waals surface area contributed by atoms with E-state index in [4.69, 9.17) is 9.47 Å². The Balaban J connectivity index is 1.78. The van der Waals surface area contributed by atoms with Crippen LogP contribution in [-0.2, 0) is 25.5 Å². The molecule has 8 heteroatoms. The number of hydrogen-bond donors (Lipinski definition) is 2. The maximum atomic E-state index is 12.5. The van der Waals surface area contributed by atoms with E-state index in [2.05, 4.69) is 15.6 Å². The van der Waals surface area contributed by atoms with E-state index in [-0.39, 0.29) is 30.9 Å². The van der Waals surface area contributed by atoms with E-state index in [1.165, 1.54) is 0 Å². The second-order valence-electron chi connectivity index (χ2n) is 7.09. The summed E-state index contributed by atoms with van der Waals surface area (Å²) < 4.78 is 10.4. The Hall–Kier alpha value is -3.42. The molecule has 3 rings (SSSR count). The molecule has 0 fully saturated rings. The minimum atomic E-state index is -0.561. The minimum Gasteiger partial charge on any atom is -0.463 e. The zero-order valence-electron chi connectivity index (χ0n) is 17.5. The predicted molar refractivity (Wildman–Crippen MR) is 111 cm³/mol. The first-order valence-electron chi connectivity index (χ1n) is 9.80. The molecular weight excluding hydrogens is 386 g/mol. The standard InChI is InChI=1S/C22H25N3O5/c1-5-29-21(27)20-14(4)24-22(28)25-18(20)11-30-19(26)10-16-12(2)15-8-6-7-9-17(15)23-13(16)3/h6-9,14H,5,10-11H2,1-4H3,(H2,24,25,28)/t14-/m0/s1. The van der Waals surface area contributed by atoms with Crippen LogP contribution in [0.5, 0.6) is 0 Å².